The molecule has 4 heteroatoms. The Hall–Kier alpha value is -1.42. The van der Waals surface area contributed by atoms with Crippen molar-refractivity contribution in [2.75, 3.05) is 37.4 Å². The van der Waals surface area contributed by atoms with Gasteiger partial charge in [-0.3, -0.25) is 0 Å². The molecule has 0 amide bonds. The van der Waals surface area contributed by atoms with Crippen molar-refractivity contribution >= 4 is 11.4 Å². The quantitative estimate of drug-likeness (QED) is 0.803. The van der Waals surface area contributed by atoms with Crippen LogP contribution in [0.3, 0.4) is 0 Å². The summed E-state index contributed by atoms with van der Waals surface area (Å²) in [4.78, 5) is 0. The number of hydrogen-bond donors (Lipinski definition) is 2. The number of nitrogens with one attached hydrogen (secondary N) is 1. The third kappa shape index (κ3) is 3.53. The van der Waals surface area contributed by atoms with Gasteiger partial charge in [0.15, 0.2) is 0 Å². The van der Waals surface area contributed by atoms with Gasteiger partial charge in [0, 0.05) is 19.8 Å². The van der Waals surface area contributed by atoms with Crippen molar-refractivity contribution in [2.24, 2.45) is 5.41 Å². The highest BCUT2D eigenvalue weighted by molar-refractivity contribution is 5.72. The minimum absolute atomic E-state index is 0.284. The number of nitrogens with two attached hydrogens (primary N) is 1. The van der Waals surface area contributed by atoms with Crippen molar-refractivity contribution in [2.45, 2.75) is 26.7 Å². The van der Waals surface area contributed by atoms with Crippen molar-refractivity contribution in [1.29, 1.82) is 0 Å². The van der Waals surface area contributed by atoms with Crippen molar-refractivity contribution in [3.05, 3.63) is 18.2 Å². The Labute approximate surface area is 115 Å². The van der Waals surface area contributed by atoms with E-state index in [2.05, 4.69) is 12.2 Å². The molecule has 1 aliphatic heterocycles. The van der Waals surface area contributed by atoms with Crippen LogP contribution in [0, 0.1) is 5.41 Å². The number of para-hydroxylation sites is 1. The molecule has 2 rings (SSSR count). The third-order valence-corrected chi connectivity index (χ3v) is 3.77. The van der Waals surface area contributed by atoms with E-state index >= 15 is 0 Å². The van der Waals surface area contributed by atoms with Crippen molar-refractivity contribution < 1.29 is 9.47 Å². The molecule has 0 unspecified atom stereocenters. The summed E-state index contributed by atoms with van der Waals surface area (Å²) >= 11 is 0. The summed E-state index contributed by atoms with van der Waals surface area (Å²) < 4.78 is 10.9. The van der Waals surface area contributed by atoms with Crippen LogP contribution in [0.2, 0.25) is 0 Å². The maximum Gasteiger partial charge on any atom is 0.144 e. The van der Waals surface area contributed by atoms with E-state index in [0.29, 0.717) is 12.3 Å². The van der Waals surface area contributed by atoms with Gasteiger partial charge in [-0.05, 0) is 37.3 Å². The van der Waals surface area contributed by atoms with Crippen LogP contribution in [0.25, 0.3) is 0 Å². The van der Waals surface area contributed by atoms with E-state index in [1.54, 1.807) is 0 Å². The number of nitrogen functional groups attached to an aromatic ring is 1. The highest BCUT2D eigenvalue weighted by Gasteiger charge is 2.27. The Balaban J connectivity index is 2.00. The van der Waals surface area contributed by atoms with E-state index < -0.39 is 0 Å². The lowest BCUT2D eigenvalue weighted by Crippen LogP contribution is -2.33. The first-order chi connectivity index (χ1) is 9.14. The summed E-state index contributed by atoms with van der Waals surface area (Å²) in [5.41, 5.74) is 8.05. The molecule has 0 saturated carbocycles. The molecule has 3 N–H and O–H groups in total. The molecular weight excluding hydrogens is 240 g/mol. The minimum Gasteiger partial charge on any atom is -0.492 e. The fraction of sp³-hybridized carbons (Fsp3) is 0.600. The number of benzene rings is 1. The van der Waals surface area contributed by atoms with E-state index in [1.165, 1.54) is 0 Å². The summed E-state index contributed by atoms with van der Waals surface area (Å²) in [5.74, 6) is 0.754. The largest absolute Gasteiger partial charge is 0.492 e. The summed E-state index contributed by atoms with van der Waals surface area (Å²) in [7, 11) is 0. The number of anilines is 2. The van der Waals surface area contributed by atoms with Crippen LogP contribution in [-0.2, 0) is 4.74 Å². The molecule has 0 spiro atoms. The maximum absolute atomic E-state index is 6.12. The molecule has 0 aliphatic carbocycles. The smallest absolute Gasteiger partial charge is 0.144 e. The van der Waals surface area contributed by atoms with Crippen LogP contribution in [0.1, 0.15) is 26.7 Å². The Morgan fingerprint density at radius 3 is 2.79 bits per heavy atom. The van der Waals surface area contributed by atoms with E-state index in [0.717, 1.165) is 44.0 Å². The summed E-state index contributed by atoms with van der Waals surface area (Å²) in [5, 5.41) is 3.46. The zero-order valence-corrected chi connectivity index (χ0v) is 11.9. The maximum atomic E-state index is 6.12. The van der Waals surface area contributed by atoms with Crippen LogP contribution < -0.4 is 15.8 Å². The molecule has 1 aliphatic rings. The van der Waals surface area contributed by atoms with Gasteiger partial charge in [0.2, 0.25) is 0 Å². The summed E-state index contributed by atoms with van der Waals surface area (Å²) in [6.45, 7) is 7.51. The number of hydrogen-bond acceptors (Lipinski definition) is 4. The average Bonchev–Trinajstić information content (AvgIpc) is 2.41. The molecule has 0 bridgehead atoms. The van der Waals surface area contributed by atoms with Gasteiger partial charge in [-0.15, -0.1) is 0 Å². The lowest BCUT2D eigenvalue weighted by Gasteiger charge is -2.34. The molecule has 1 fully saturated rings. The molecule has 106 valence electrons. The zero-order chi connectivity index (χ0) is 13.7. The van der Waals surface area contributed by atoms with Gasteiger partial charge in [-0.2, -0.15) is 0 Å². The SMILES string of the molecule is CCOc1cccc(NCC2(C)CCOCC2)c1N. The first-order valence-electron chi connectivity index (χ1n) is 6.97. The molecule has 0 aromatic heterocycles. The van der Waals surface area contributed by atoms with Crippen LogP contribution in [0.5, 0.6) is 5.75 Å². The monoisotopic (exact) mass is 264 g/mol. The molecule has 1 saturated heterocycles. The van der Waals surface area contributed by atoms with Gasteiger partial charge in [0.05, 0.1) is 18.0 Å². The van der Waals surface area contributed by atoms with Crippen LogP contribution in [0.15, 0.2) is 18.2 Å². The third-order valence-electron chi connectivity index (χ3n) is 3.77. The molecule has 19 heavy (non-hydrogen) atoms. The van der Waals surface area contributed by atoms with Gasteiger partial charge < -0.3 is 20.5 Å². The fourth-order valence-corrected chi connectivity index (χ4v) is 2.33. The van der Waals surface area contributed by atoms with Gasteiger partial charge >= 0.3 is 0 Å². The van der Waals surface area contributed by atoms with E-state index in [9.17, 15) is 0 Å². The fourth-order valence-electron chi connectivity index (χ4n) is 2.33. The second-order valence-corrected chi connectivity index (χ2v) is 5.43. The Morgan fingerprint density at radius 1 is 1.37 bits per heavy atom. The topological polar surface area (TPSA) is 56.5 Å². The minimum atomic E-state index is 0.284. The second-order valence-electron chi connectivity index (χ2n) is 5.43. The molecule has 0 radical (unpaired) electrons. The standard InChI is InChI=1S/C15H24N2O2/c1-3-19-13-6-4-5-12(14(13)16)17-11-15(2)7-9-18-10-8-15/h4-6,17H,3,7-11,16H2,1-2H3. The van der Waals surface area contributed by atoms with Gasteiger partial charge in [0.1, 0.15) is 5.75 Å². The second kappa shape index (κ2) is 6.15. The summed E-state index contributed by atoms with van der Waals surface area (Å²) in [6.07, 6.45) is 2.18. The number of rotatable bonds is 5. The molecule has 1 aromatic carbocycles. The Bertz CT molecular complexity index is 415. The van der Waals surface area contributed by atoms with Gasteiger partial charge in [-0.25, -0.2) is 0 Å². The van der Waals surface area contributed by atoms with Crippen molar-refractivity contribution in [3.63, 3.8) is 0 Å². The number of ether oxygens (including phenoxy) is 2. The predicted molar refractivity (Wildman–Crippen MR) is 78.7 cm³/mol. The van der Waals surface area contributed by atoms with E-state index in [1.807, 2.05) is 25.1 Å². The lowest BCUT2D eigenvalue weighted by atomic mass is 9.82. The lowest BCUT2D eigenvalue weighted by molar-refractivity contribution is 0.0300. The van der Waals surface area contributed by atoms with Gasteiger partial charge in [0.25, 0.3) is 0 Å². The van der Waals surface area contributed by atoms with Gasteiger partial charge in [-0.1, -0.05) is 13.0 Å². The molecular formula is C15H24N2O2. The van der Waals surface area contributed by atoms with Crippen LogP contribution in [-0.4, -0.2) is 26.4 Å². The normalized spacial score (nSPS) is 18.0. The van der Waals surface area contributed by atoms with E-state index in [4.69, 9.17) is 15.2 Å². The molecule has 4 nitrogen and oxygen atoms in total. The predicted octanol–water partition coefficient (Wildman–Crippen LogP) is 2.90. The Kier molecular flexibility index (Phi) is 4.53. The molecule has 1 heterocycles. The average molecular weight is 264 g/mol. The zero-order valence-electron chi connectivity index (χ0n) is 11.9. The van der Waals surface area contributed by atoms with Crippen molar-refractivity contribution in [3.8, 4) is 5.75 Å². The van der Waals surface area contributed by atoms with E-state index in [-0.39, 0.29) is 5.41 Å². The van der Waals surface area contributed by atoms with Crippen molar-refractivity contribution in [1.82, 2.24) is 0 Å². The van der Waals surface area contributed by atoms with Crippen LogP contribution >= 0.6 is 0 Å². The first-order valence-corrected chi connectivity index (χ1v) is 6.97. The first kappa shape index (κ1) is 14.0. The molecule has 0 atom stereocenters. The highest BCUT2D eigenvalue weighted by atomic mass is 16.5. The Morgan fingerprint density at radius 2 is 2.11 bits per heavy atom. The molecule has 1 aromatic rings. The summed E-state index contributed by atoms with van der Waals surface area (Å²) in [6, 6.07) is 5.87. The van der Waals surface area contributed by atoms with Crippen LogP contribution in [0.4, 0.5) is 11.4 Å². The highest BCUT2D eigenvalue weighted by Crippen LogP contribution is 2.33.